The van der Waals surface area contributed by atoms with E-state index in [0.29, 0.717) is 16.8 Å². The number of aromatic hydroxyl groups is 1. The number of rotatable bonds is 5. The molecule has 26 heavy (non-hydrogen) atoms. The number of hydrogen-bond donors (Lipinski definition) is 2. The standard InChI is InChI=1S/C19H22BrN3O3/c1-11-5-6-12(9-14(11)20)16(23-26-19(2,3)4)17-18(25)13(7-8-22-17)10-15(21)24/h5-9,25H,10H2,1-4H3,(H2,21,24)/b23-16-. The lowest BCUT2D eigenvalue weighted by atomic mass is 10.0. The molecule has 0 aliphatic heterocycles. The molecule has 0 radical (unpaired) electrons. The maximum Gasteiger partial charge on any atom is 0.221 e. The van der Waals surface area contributed by atoms with E-state index in [2.05, 4.69) is 26.1 Å². The van der Waals surface area contributed by atoms with Crippen molar-refractivity contribution in [2.24, 2.45) is 10.9 Å². The first kappa shape index (κ1) is 19.9. The Labute approximate surface area is 161 Å². The lowest BCUT2D eigenvalue weighted by Crippen LogP contribution is -2.19. The summed E-state index contributed by atoms with van der Waals surface area (Å²) in [6, 6.07) is 7.22. The number of oxime groups is 1. The molecule has 1 amide bonds. The predicted molar refractivity (Wildman–Crippen MR) is 104 cm³/mol. The van der Waals surface area contributed by atoms with Crippen LogP contribution in [-0.4, -0.2) is 27.3 Å². The van der Waals surface area contributed by atoms with Gasteiger partial charge in [0.1, 0.15) is 22.8 Å². The Morgan fingerprint density at radius 1 is 1.35 bits per heavy atom. The van der Waals surface area contributed by atoms with Crippen molar-refractivity contribution in [1.29, 1.82) is 0 Å². The zero-order valence-corrected chi connectivity index (χ0v) is 16.8. The summed E-state index contributed by atoms with van der Waals surface area (Å²) in [6.07, 6.45) is 1.41. The Bertz CT molecular complexity index is 858. The highest BCUT2D eigenvalue weighted by atomic mass is 79.9. The molecule has 1 aromatic carbocycles. The predicted octanol–water partition coefficient (Wildman–Crippen LogP) is 3.45. The molecule has 0 unspecified atom stereocenters. The molecule has 0 saturated heterocycles. The second-order valence-corrected chi connectivity index (χ2v) is 7.77. The number of carbonyl (C=O) groups is 1. The Balaban J connectivity index is 2.61. The van der Waals surface area contributed by atoms with Crippen LogP contribution in [0.3, 0.4) is 0 Å². The van der Waals surface area contributed by atoms with E-state index in [4.69, 9.17) is 10.6 Å². The molecule has 1 aromatic heterocycles. The molecule has 0 aliphatic carbocycles. The molecule has 7 heteroatoms. The smallest absolute Gasteiger partial charge is 0.221 e. The first-order valence-corrected chi connectivity index (χ1v) is 8.86. The Morgan fingerprint density at radius 3 is 2.62 bits per heavy atom. The molecule has 0 aliphatic rings. The highest BCUT2D eigenvalue weighted by Gasteiger charge is 2.20. The van der Waals surface area contributed by atoms with Crippen molar-refractivity contribution in [3.8, 4) is 5.75 Å². The van der Waals surface area contributed by atoms with E-state index in [0.717, 1.165) is 10.0 Å². The molecule has 2 rings (SSSR count). The van der Waals surface area contributed by atoms with Crippen molar-refractivity contribution < 1.29 is 14.7 Å². The number of pyridine rings is 1. The molecule has 0 bridgehead atoms. The second kappa shape index (κ2) is 7.86. The van der Waals surface area contributed by atoms with Crippen LogP contribution >= 0.6 is 15.9 Å². The van der Waals surface area contributed by atoms with Crippen LogP contribution < -0.4 is 5.73 Å². The number of halogens is 1. The van der Waals surface area contributed by atoms with Gasteiger partial charge in [-0.05, 0) is 45.4 Å². The molecule has 138 valence electrons. The minimum absolute atomic E-state index is 0.0909. The Morgan fingerprint density at radius 2 is 2.04 bits per heavy atom. The minimum Gasteiger partial charge on any atom is -0.505 e. The number of amides is 1. The van der Waals surface area contributed by atoms with Crippen LogP contribution in [0.2, 0.25) is 0 Å². The fourth-order valence-corrected chi connectivity index (χ4v) is 2.53. The zero-order valence-electron chi connectivity index (χ0n) is 15.2. The average molecular weight is 420 g/mol. The van der Waals surface area contributed by atoms with Gasteiger partial charge in [-0.3, -0.25) is 9.78 Å². The van der Waals surface area contributed by atoms with Gasteiger partial charge in [-0.15, -0.1) is 0 Å². The molecule has 3 N–H and O–H groups in total. The van der Waals surface area contributed by atoms with E-state index in [1.807, 2.05) is 45.9 Å². The zero-order chi connectivity index (χ0) is 19.5. The van der Waals surface area contributed by atoms with Crippen molar-refractivity contribution in [2.75, 3.05) is 0 Å². The second-order valence-electron chi connectivity index (χ2n) is 6.92. The fraction of sp³-hybridized carbons (Fsp3) is 0.316. The van der Waals surface area contributed by atoms with Crippen molar-refractivity contribution in [3.05, 3.63) is 57.3 Å². The van der Waals surface area contributed by atoms with Gasteiger partial charge >= 0.3 is 0 Å². The van der Waals surface area contributed by atoms with Gasteiger partial charge in [-0.25, -0.2) is 0 Å². The van der Waals surface area contributed by atoms with Gasteiger partial charge in [0.05, 0.1) is 6.42 Å². The van der Waals surface area contributed by atoms with E-state index in [9.17, 15) is 9.90 Å². The van der Waals surface area contributed by atoms with Gasteiger partial charge in [-0.2, -0.15) is 0 Å². The van der Waals surface area contributed by atoms with E-state index < -0.39 is 11.5 Å². The normalized spacial score (nSPS) is 12.1. The lowest BCUT2D eigenvalue weighted by Gasteiger charge is -2.18. The van der Waals surface area contributed by atoms with Crippen LogP contribution in [0.5, 0.6) is 5.75 Å². The van der Waals surface area contributed by atoms with Gasteiger partial charge in [0.2, 0.25) is 5.91 Å². The quantitative estimate of drug-likeness (QED) is 0.572. The minimum atomic E-state index is -0.542. The number of aromatic nitrogens is 1. The van der Waals surface area contributed by atoms with Gasteiger partial charge in [0.15, 0.2) is 0 Å². The third-order valence-corrected chi connectivity index (χ3v) is 4.31. The largest absolute Gasteiger partial charge is 0.505 e. The fourth-order valence-electron chi connectivity index (χ4n) is 2.15. The Hall–Kier alpha value is -2.41. The van der Waals surface area contributed by atoms with Crippen molar-refractivity contribution >= 4 is 27.5 Å². The molecule has 0 spiro atoms. The molecule has 1 heterocycles. The van der Waals surface area contributed by atoms with Crippen LogP contribution in [0.25, 0.3) is 0 Å². The van der Waals surface area contributed by atoms with E-state index in [1.165, 1.54) is 6.20 Å². The summed E-state index contributed by atoms with van der Waals surface area (Å²) in [7, 11) is 0. The monoisotopic (exact) mass is 419 g/mol. The molecule has 0 fully saturated rings. The van der Waals surface area contributed by atoms with Crippen LogP contribution in [0, 0.1) is 6.92 Å². The molecular weight excluding hydrogens is 398 g/mol. The summed E-state index contributed by atoms with van der Waals surface area (Å²) < 4.78 is 0.895. The highest BCUT2D eigenvalue weighted by Crippen LogP contribution is 2.27. The first-order chi connectivity index (χ1) is 12.1. The number of nitrogens with zero attached hydrogens (tertiary/aromatic N) is 2. The highest BCUT2D eigenvalue weighted by molar-refractivity contribution is 9.10. The molecule has 6 nitrogen and oxygen atoms in total. The molecular formula is C19H22BrN3O3. The number of benzene rings is 1. The van der Waals surface area contributed by atoms with Crippen molar-refractivity contribution in [1.82, 2.24) is 4.98 Å². The topological polar surface area (TPSA) is 97.8 Å². The summed E-state index contributed by atoms with van der Waals surface area (Å²) in [6.45, 7) is 7.58. The summed E-state index contributed by atoms with van der Waals surface area (Å²) in [5.74, 6) is -0.681. The van der Waals surface area contributed by atoms with E-state index in [-0.39, 0.29) is 17.9 Å². The van der Waals surface area contributed by atoms with Gasteiger partial charge in [0, 0.05) is 21.8 Å². The van der Waals surface area contributed by atoms with Crippen LogP contribution in [0.4, 0.5) is 0 Å². The van der Waals surface area contributed by atoms with Crippen LogP contribution in [0.1, 0.15) is 43.2 Å². The van der Waals surface area contributed by atoms with Gasteiger partial charge < -0.3 is 15.7 Å². The maximum absolute atomic E-state index is 11.2. The maximum atomic E-state index is 11.2. The SMILES string of the molecule is Cc1ccc(/C(=N/OC(C)(C)C)c2nccc(CC(N)=O)c2O)cc1Br. The van der Waals surface area contributed by atoms with Crippen LogP contribution in [-0.2, 0) is 16.1 Å². The number of nitrogens with two attached hydrogens (primary N) is 1. The van der Waals surface area contributed by atoms with Crippen LogP contribution in [0.15, 0.2) is 40.1 Å². The third kappa shape index (κ3) is 5.05. The summed E-state index contributed by atoms with van der Waals surface area (Å²) in [5.41, 5.74) is 7.48. The first-order valence-electron chi connectivity index (χ1n) is 8.06. The number of aryl methyl sites for hydroxylation is 1. The Kier molecular flexibility index (Phi) is 6.02. The number of carbonyl (C=O) groups excluding carboxylic acids is 1. The summed E-state index contributed by atoms with van der Waals surface area (Å²) in [5, 5.41) is 14.8. The van der Waals surface area contributed by atoms with Crippen molar-refractivity contribution in [3.63, 3.8) is 0 Å². The summed E-state index contributed by atoms with van der Waals surface area (Å²) >= 11 is 3.50. The molecule has 0 saturated carbocycles. The van der Waals surface area contributed by atoms with Crippen molar-refractivity contribution in [2.45, 2.75) is 39.7 Å². The van der Waals surface area contributed by atoms with Gasteiger partial charge in [0.25, 0.3) is 0 Å². The number of hydrogen-bond acceptors (Lipinski definition) is 5. The van der Waals surface area contributed by atoms with E-state index >= 15 is 0 Å². The molecule has 2 aromatic rings. The van der Waals surface area contributed by atoms with Gasteiger partial charge in [-0.1, -0.05) is 33.2 Å². The molecule has 0 atom stereocenters. The summed E-state index contributed by atoms with van der Waals surface area (Å²) in [4.78, 5) is 21.1. The average Bonchev–Trinajstić information content (AvgIpc) is 2.52. The number of primary amides is 1. The third-order valence-electron chi connectivity index (χ3n) is 3.45. The lowest BCUT2D eigenvalue weighted by molar-refractivity contribution is -0.117. The van der Waals surface area contributed by atoms with E-state index in [1.54, 1.807) is 6.07 Å².